The summed E-state index contributed by atoms with van der Waals surface area (Å²) in [5, 5.41) is 16.7. The number of pyridine rings is 1. The molecule has 1 amide bonds. The van der Waals surface area contributed by atoms with Gasteiger partial charge in [-0.05, 0) is 43.7 Å². The number of hydrogen-bond acceptors (Lipinski definition) is 6. The Hall–Kier alpha value is -3.93. The first-order valence-electron chi connectivity index (χ1n) is 10.4. The molecule has 1 aliphatic heterocycles. The number of amides is 1. The molecule has 9 heteroatoms. The van der Waals surface area contributed by atoms with E-state index in [0.717, 1.165) is 6.07 Å². The molecule has 3 heterocycles. The van der Waals surface area contributed by atoms with Crippen molar-refractivity contribution in [1.29, 1.82) is 5.26 Å². The Morgan fingerprint density at radius 2 is 2.00 bits per heavy atom. The second-order valence-electron chi connectivity index (χ2n) is 8.06. The number of nitriles is 1. The number of benzene rings is 1. The molecular weight excluding hydrogens is 428 g/mol. The maximum Gasteiger partial charge on any atom is 0.255 e. The third-order valence-electron chi connectivity index (χ3n) is 5.82. The molecule has 1 saturated heterocycles. The summed E-state index contributed by atoms with van der Waals surface area (Å²) in [6, 6.07) is 10.7. The Balaban J connectivity index is 1.61. The minimum absolute atomic E-state index is 0.216. The van der Waals surface area contributed by atoms with E-state index in [4.69, 9.17) is 10.00 Å². The third-order valence-corrected chi connectivity index (χ3v) is 5.82. The molecule has 3 aromatic rings. The number of halogens is 2. The zero-order valence-electron chi connectivity index (χ0n) is 18.1. The predicted molar refractivity (Wildman–Crippen MR) is 114 cm³/mol. The van der Waals surface area contributed by atoms with Crippen LogP contribution >= 0.6 is 0 Å². The summed E-state index contributed by atoms with van der Waals surface area (Å²) in [5.41, 5.74) is 2.03. The lowest BCUT2D eigenvalue weighted by Crippen LogP contribution is -2.32. The van der Waals surface area contributed by atoms with Crippen LogP contribution in [0.1, 0.15) is 40.0 Å². The maximum absolute atomic E-state index is 14.0. The fraction of sp³-hybridized carbons (Fsp3) is 0.292. The van der Waals surface area contributed by atoms with Crippen molar-refractivity contribution in [2.24, 2.45) is 5.92 Å². The van der Waals surface area contributed by atoms with Gasteiger partial charge in [-0.15, -0.1) is 0 Å². The summed E-state index contributed by atoms with van der Waals surface area (Å²) in [7, 11) is 0. The topological polar surface area (TPSA) is 92.0 Å². The molecule has 0 bridgehead atoms. The van der Waals surface area contributed by atoms with Crippen LogP contribution in [0.2, 0.25) is 0 Å². The number of likely N-dealkylation sites (tertiary alicyclic amines) is 1. The van der Waals surface area contributed by atoms with Crippen LogP contribution in [0.4, 0.5) is 8.78 Å². The van der Waals surface area contributed by atoms with Gasteiger partial charge in [-0.1, -0.05) is 6.07 Å². The molecule has 0 N–H and O–H groups in total. The molecule has 0 radical (unpaired) electrons. The Morgan fingerprint density at radius 3 is 2.67 bits per heavy atom. The highest BCUT2D eigenvalue weighted by Crippen LogP contribution is 2.37. The van der Waals surface area contributed by atoms with Gasteiger partial charge in [0.1, 0.15) is 12.2 Å². The van der Waals surface area contributed by atoms with E-state index in [1.54, 1.807) is 30.0 Å². The van der Waals surface area contributed by atoms with E-state index in [2.05, 4.69) is 15.2 Å². The minimum atomic E-state index is -0.938. The van der Waals surface area contributed by atoms with E-state index >= 15 is 0 Å². The van der Waals surface area contributed by atoms with E-state index < -0.39 is 17.7 Å². The summed E-state index contributed by atoms with van der Waals surface area (Å²) < 4.78 is 33.6. The number of hydrogen-bond donors (Lipinski definition) is 0. The van der Waals surface area contributed by atoms with E-state index in [0.29, 0.717) is 41.4 Å². The lowest BCUT2D eigenvalue weighted by atomic mass is 9.85. The summed E-state index contributed by atoms with van der Waals surface area (Å²) in [6.07, 6.45) is 2.42. The zero-order valence-corrected chi connectivity index (χ0v) is 18.1. The molecule has 7 nitrogen and oxygen atoms in total. The van der Waals surface area contributed by atoms with Gasteiger partial charge in [-0.25, -0.2) is 13.8 Å². The van der Waals surface area contributed by atoms with Gasteiger partial charge in [0, 0.05) is 37.2 Å². The number of carbonyl (C=O) groups is 1. The summed E-state index contributed by atoms with van der Waals surface area (Å²) >= 11 is 0. The van der Waals surface area contributed by atoms with Gasteiger partial charge in [-0.3, -0.25) is 4.79 Å². The number of carbonyl (C=O) groups excluding carboxylic acids is 1. The number of nitrogens with zero attached hydrogens (tertiary/aromatic N) is 5. The van der Waals surface area contributed by atoms with Crippen molar-refractivity contribution in [2.75, 3.05) is 13.1 Å². The van der Waals surface area contributed by atoms with Crippen LogP contribution in [0, 0.1) is 35.8 Å². The second-order valence-corrected chi connectivity index (χ2v) is 8.06. The molecule has 1 unspecified atom stereocenters. The van der Waals surface area contributed by atoms with Crippen molar-refractivity contribution in [3.05, 3.63) is 82.8 Å². The maximum atomic E-state index is 14.0. The first-order chi connectivity index (χ1) is 15.9. The largest absolute Gasteiger partial charge is 0.474 e. The van der Waals surface area contributed by atoms with Gasteiger partial charge in [0.25, 0.3) is 5.91 Å². The van der Waals surface area contributed by atoms with Crippen LogP contribution in [0.3, 0.4) is 0 Å². The Labute approximate surface area is 189 Å². The quantitative estimate of drug-likeness (QED) is 0.590. The van der Waals surface area contributed by atoms with Gasteiger partial charge in [0.15, 0.2) is 11.6 Å². The van der Waals surface area contributed by atoms with Crippen LogP contribution in [-0.2, 0) is 0 Å². The molecular formula is C24H21F2N5O2. The van der Waals surface area contributed by atoms with Crippen LogP contribution in [0.5, 0.6) is 5.88 Å². The van der Waals surface area contributed by atoms with Crippen LogP contribution < -0.4 is 4.74 Å². The highest BCUT2D eigenvalue weighted by atomic mass is 19.2. The van der Waals surface area contributed by atoms with Crippen LogP contribution in [0.15, 0.2) is 48.8 Å². The average molecular weight is 449 g/mol. The SMILES string of the molecule is Cc1cc(C(=O)N2CC([C@H](C)Oc3ccc(C#N)cn3)[C@@H](c3ccc(F)c(F)c3)C2)cnn1. The van der Waals surface area contributed by atoms with E-state index in [1.807, 2.05) is 13.0 Å². The first kappa shape index (κ1) is 22.3. The summed E-state index contributed by atoms with van der Waals surface area (Å²) in [4.78, 5) is 18.9. The molecule has 3 atom stereocenters. The lowest BCUT2D eigenvalue weighted by molar-refractivity contribution is 0.0769. The molecule has 33 heavy (non-hydrogen) atoms. The summed E-state index contributed by atoms with van der Waals surface area (Å²) in [6.45, 7) is 4.26. The van der Waals surface area contributed by atoms with Crippen molar-refractivity contribution < 1.29 is 18.3 Å². The molecule has 4 rings (SSSR count). The summed E-state index contributed by atoms with van der Waals surface area (Å²) in [5.74, 6) is -2.24. The number of rotatable bonds is 5. The Bertz CT molecular complexity index is 1210. The normalized spacial score (nSPS) is 18.6. The molecule has 0 spiro atoms. The molecule has 0 aliphatic carbocycles. The van der Waals surface area contributed by atoms with Crippen molar-refractivity contribution in [3.8, 4) is 11.9 Å². The van der Waals surface area contributed by atoms with Crippen molar-refractivity contribution in [1.82, 2.24) is 20.1 Å². The molecule has 1 aromatic carbocycles. The molecule has 1 fully saturated rings. The van der Waals surface area contributed by atoms with E-state index in [1.165, 1.54) is 24.5 Å². The Morgan fingerprint density at radius 1 is 1.18 bits per heavy atom. The fourth-order valence-electron chi connectivity index (χ4n) is 4.13. The average Bonchev–Trinajstić information content (AvgIpc) is 3.26. The fourth-order valence-corrected chi connectivity index (χ4v) is 4.13. The molecule has 168 valence electrons. The zero-order chi connectivity index (χ0) is 23.5. The monoisotopic (exact) mass is 449 g/mol. The third kappa shape index (κ3) is 4.80. The minimum Gasteiger partial charge on any atom is -0.474 e. The van der Waals surface area contributed by atoms with Gasteiger partial charge in [0.2, 0.25) is 5.88 Å². The number of aromatic nitrogens is 3. The molecule has 0 saturated carbocycles. The van der Waals surface area contributed by atoms with Gasteiger partial charge < -0.3 is 9.64 Å². The number of aryl methyl sites for hydroxylation is 1. The van der Waals surface area contributed by atoms with Crippen molar-refractivity contribution in [2.45, 2.75) is 25.9 Å². The smallest absolute Gasteiger partial charge is 0.255 e. The van der Waals surface area contributed by atoms with Crippen molar-refractivity contribution >= 4 is 5.91 Å². The highest BCUT2D eigenvalue weighted by molar-refractivity contribution is 5.94. The standard InChI is InChI=1S/C24H21F2N5O2/c1-14-7-18(11-29-30-14)24(32)31-12-19(15(2)33-23-6-3-16(9-27)10-28-23)20(13-31)17-4-5-21(25)22(26)8-17/h3-8,10-11,15,19-20H,12-13H2,1-2H3/t15-,19?,20+/m0/s1. The second kappa shape index (κ2) is 9.28. The Kier molecular flexibility index (Phi) is 6.27. The lowest BCUT2D eigenvalue weighted by Gasteiger charge is -2.25. The molecule has 2 aromatic heterocycles. The molecule has 1 aliphatic rings. The first-order valence-corrected chi connectivity index (χ1v) is 10.4. The van der Waals surface area contributed by atoms with Gasteiger partial charge in [0.05, 0.1) is 23.0 Å². The van der Waals surface area contributed by atoms with Gasteiger partial charge >= 0.3 is 0 Å². The van der Waals surface area contributed by atoms with Crippen LogP contribution in [0.25, 0.3) is 0 Å². The predicted octanol–water partition coefficient (Wildman–Crippen LogP) is 3.65. The van der Waals surface area contributed by atoms with Gasteiger partial charge in [-0.2, -0.15) is 15.5 Å². The highest BCUT2D eigenvalue weighted by Gasteiger charge is 2.40. The van der Waals surface area contributed by atoms with Crippen molar-refractivity contribution in [3.63, 3.8) is 0 Å². The van der Waals surface area contributed by atoms with E-state index in [9.17, 15) is 13.6 Å². The number of ether oxygens (including phenoxy) is 1. The van der Waals surface area contributed by atoms with E-state index in [-0.39, 0.29) is 17.7 Å². The van der Waals surface area contributed by atoms with Crippen LogP contribution in [-0.4, -0.2) is 45.2 Å².